The van der Waals surface area contributed by atoms with Crippen LogP contribution in [0.5, 0.6) is 0 Å². The van der Waals surface area contributed by atoms with E-state index in [0.29, 0.717) is 30.2 Å². The van der Waals surface area contributed by atoms with Crippen molar-refractivity contribution in [3.8, 4) is 11.3 Å². The van der Waals surface area contributed by atoms with Gasteiger partial charge in [0.25, 0.3) is 5.91 Å². The van der Waals surface area contributed by atoms with Crippen molar-refractivity contribution in [1.29, 1.82) is 0 Å². The zero-order valence-corrected chi connectivity index (χ0v) is 21.1. The predicted molar refractivity (Wildman–Crippen MR) is 138 cm³/mol. The molecule has 0 aliphatic carbocycles. The first kappa shape index (κ1) is 24.5. The fourth-order valence-electron chi connectivity index (χ4n) is 4.69. The quantitative estimate of drug-likeness (QED) is 0.578. The number of nitrogens with zero attached hydrogens (tertiary/aromatic N) is 6. The van der Waals surface area contributed by atoms with Crippen LogP contribution in [-0.2, 0) is 28.0 Å². The van der Waals surface area contributed by atoms with Crippen molar-refractivity contribution < 1.29 is 14.4 Å². The van der Waals surface area contributed by atoms with Gasteiger partial charge >= 0.3 is 0 Å². The Labute approximate surface area is 215 Å². The number of aliphatic imine (C=N–C) groups is 1. The summed E-state index contributed by atoms with van der Waals surface area (Å²) in [6.07, 6.45) is 4.28. The number of hydrogen-bond donors (Lipinski definition) is 1. The summed E-state index contributed by atoms with van der Waals surface area (Å²) in [5.74, 6) is -1.32. The second-order valence-corrected chi connectivity index (χ2v) is 9.57. The third-order valence-electron chi connectivity index (χ3n) is 6.64. The molecule has 0 radical (unpaired) electrons. The molecule has 0 bridgehead atoms. The number of carbonyl (C=O) groups excluding carboxylic acids is 3. The maximum atomic E-state index is 13.3. The van der Waals surface area contributed by atoms with Crippen molar-refractivity contribution in [2.45, 2.75) is 33.2 Å². The van der Waals surface area contributed by atoms with Crippen LogP contribution in [0.2, 0.25) is 0 Å². The minimum Gasteiger partial charge on any atom is -0.311 e. The lowest BCUT2D eigenvalue weighted by atomic mass is 10.0. The summed E-state index contributed by atoms with van der Waals surface area (Å²) in [4.78, 5) is 47.6. The Morgan fingerprint density at radius 1 is 1.16 bits per heavy atom. The van der Waals surface area contributed by atoms with Crippen LogP contribution in [0.4, 0.5) is 5.82 Å². The number of benzene rings is 1. The van der Waals surface area contributed by atoms with Gasteiger partial charge in [0.2, 0.25) is 11.8 Å². The molecule has 1 atom stereocenters. The molecule has 10 heteroatoms. The van der Waals surface area contributed by atoms with Crippen molar-refractivity contribution in [3.05, 3.63) is 65.5 Å². The first-order valence-electron chi connectivity index (χ1n) is 12.3. The molecule has 2 aliphatic rings. The van der Waals surface area contributed by atoms with E-state index < -0.39 is 11.8 Å². The van der Waals surface area contributed by atoms with E-state index in [-0.39, 0.29) is 23.9 Å². The van der Waals surface area contributed by atoms with Gasteiger partial charge in [0.05, 0.1) is 5.69 Å². The molecule has 37 heavy (non-hydrogen) atoms. The predicted octanol–water partition coefficient (Wildman–Crippen LogP) is 2.73. The van der Waals surface area contributed by atoms with Crippen molar-refractivity contribution in [2.24, 2.45) is 18.0 Å². The number of rotatable bonds is 5. The fourth-order valence-corrected chi connectivity index (χ4v) is 4.69. The average molecular weight is 500 g/mol. The second kappa shape index (κ2) is 10.1. The fraction of sp³-hybridized carbons (Fsp3) is 0.333. The van der Waals surface area contributed by atoms with Gasteiger partial charge in [-0.05, 0) is 30.5 Å². The summed E-state index contributed by atoms with van der Waals surface area (Å²) in [5.41, 5.74) is 4.30. The monoisotopic (exact) mass is 499 g/mol. The summed E-state index contributed by atoms with van der Waals surface area (Å²) in [6.45, 7) is 5.58. The zero-order valence-electron chi connectivity index (χ0n) is 21.1. The molecule has 3 amide bonds. The van der Waals surface area contributed by atoms with Crippen LogP contribution in [0.1, 0.15) is 36.5 Å². The van der Waals surface area contributed by atoms with Gasteiger partial charge in [0.1, 0.15) is 11.5 Å². The van der Waals surface area contributed by atoms with E-state index in [2.05, 4.69) is 20.4 Å². The third-order valence-corrected chi connectivity index (χ3v) is 6.64. The minimum absolute atomic E-state index is 0.0756. The first-order chi connectivity index (χ1) is 17.8. The van der Waals surface area contributed by atoms with Gasteiger partial charge in [0, 0.05) is 68.6 Å². The van der Waals surface area contributed by atoms with Crippen LogP contribution in [-0.4, -0.2) is 61.3 Å². The number of aryl methyl sites for hydroxylation is 2. The number of fused-ring (bicyclic) bond motifs is 2. The van der Waals surface area contributed by atoms with Crippen molar-refractivity contribution >= 4 is 29.3 Å². The summed E-state index contributed by atoms with van der Waals surface area (Å²) in [5, 5.41) is 11.0. The topological polar surface area (TPSA) is 113 Å². The number of amides is 3. The first-order valence-corrected chi connectivity index (χ1v) is 12.3. The number of carbonyl (C=O) groups is 3. The normalized spacial score (nSPS) is 17.3. The second-order valence-electron chi connectivity index (χ2n) is 9.57. The molecule has 3 aromatic rings. The molecule has 1 aromatic carbocycles. The zero-order chi connectivity index (χ0) is 26.1. The van der Waals surface area contributed by atoms with Gasteiger partial charge in [-0.25, -0.2) is 10.0 Å². The van der Waals surface area contributed by atoms with E-state index in [1.807, 2.05) is 42.3 Å². The van der Waals surface area contributed by atoms with E-state index >= 15 is 0 Å². The number of nitrogens with one attached hydrogen (secondary N) is 1. The summed E-state index contributed by atoms with van der Waals surface area (Å²) in [6, 6.07) is 11.3. The number of hydrazine groups is 1. The molecule has 1 N–H and O–H groups in total. The van der Waals surface area contributed by atoms with Crippen molar-refractivity contribution in [1.82, 2.24) is 24.8 Å². The lowest BCUT2D eigenvalue weighted by Crippen LogP contribution is -2.42. The molecule has 2 aliphatic heterocycles. The molecule has 190 valence electrons. The Balaban J connectivity index is 1.30. The number of pyridine rings is 1. The van der Waals surface area contributed by atoms with Crippen LogP contribution in [0, 0.1) is 12.8 Å². The molecule has 4 heterocycles. The van der Waals surface area contributed by atoms with Crippen LogP contribution >= 0.6 is 0 Å². The van der Waals surface area contributed by atoms with Gasteiger partial charge in [-0.3, -0.25) is 29.1 Å². The molecule has 10 nitrogen and oxygen atoms in total. The van der Waals surface area contributed by atoms with Gasteiger partial charge in [-0.1, -0.05) is 31.2 Å². The highest BCUT2D eigenvalue weighted by Gasteiger charge is 2.35. The third kappa shape index (κ3) is 5.05. The molecule has 0 saturated carbocycles. The van der Waals surface area contributed by atoms with Gasteiger partial charge in [0.15, 0.2) is 0 Å². The summed E-state index contributed by atoms with van der Waals surface area (Å²) < 4.78 is 1.57. The van der Waals surface area contributed by atoms with Crippen molar-refractivity contribution in [3.63, 3.8) is 0 Å². The Kier molecular flexibility index (Phi) is 6.66. The Bertz CT molecular complexity index is 1410. The van der Waals surface area contributed by atoms with E-state index in [0.717, 1.165) is 29.7 Å². The SMILES string of the molecule is Cc1cncc(-c2cc(NC(=O)C[C@@H](C)C(=O)N=C3C(=O)N4CCCN4Cc4ccccc43)n(C)n2)c1. The summed E-state index contributed by atoms with van der Waals surface area (Å²) in [7, 11) is 1.74. The maximum absolute atomic E-state index is 13.3. The molecule has 5 rings (SSSR count). The highest BCUT2D eigenvalue weighted by Crippen LogP contribution is 2.25. The lowest BCUT2D eigenvalue weighted by Gasteiger charge is -2.25. The van der Waals surface area contributed by atoms with Gasteiger partial charge in [-0.15, -0.1) is 0 Å². The van der Waals surface area contributed by atoms with Crippen LogP contribution in [0.15, 0.2) is 53.8 Å². The van der Waals surface area contributed by atoms with Crippen molar-refractivity contribution in [2.75, 3.05) is 18.4 Å². The van der Waals surface area contributed by atoms with E-state index in [1.165, 1.54) is 0 Å². The minimum atomic E-state index is -0.709. The van der Waals surface area contributed by atoms with Crippen LogP contribution < -0.4 is 5.32 Å². The Morgan fingerprint density at radius 2 is 1.97 bits per heavy atom. The smallest absolute Gasteiger partial charge is 0.287 e. The Hall–Kier alpha value is -4.18. The van der Waals surface area contributed by atoms with E-state index in [1.54, 1.807) is 42.1 Å². The van der Waals surface area contributed by atoms with Crippen LogP contribution in [0.25, 0.3) is 11.3 Å². The molecule has 1 fully saturated rings. The highest BCUT2D eigenvalue weighted by atomic mass is 16.2. The molecule has 2 aromatic heterocycles. The number of aromatic nitrogens is 3. The highest BCUT2D eigenvalue weighted by molar-refractivity contribution is 6.47. The molecule has 0 unspecified atom stereocenters. The van der Waals surface area contributed by atoms with Gasteiger partial charge < -0.3 is 5.32 Å². The summed E-state index contributed by atoms with van der Waals surface area (Å²) >= 11 is 0. The maximum Gasteiger partial charge on any atom is 0.287 e. The Morgan fingerprint density at radius 3 is 2.78 bits per heavy atom. The number of anilines is 1. The lowest BCUT2D eigenvalue weighted by molar-refractivity contribution is -0.136. The van der Waals surface area contributed by atoms with E-state index in [4.69, 9.17) is 0 Å². The van der Waals surface area contributed by atoms with Crippen LogP contribution in [0.3, 0.4) is 0 Å². The van der Waals surface area contributed by atoms with E-state index in [9.17, 15) is 14.4 Å². The van der Waals surface area contributed by atoms with Gasteiger partial charge in [-0.2, -0.15) is 5.10 Å². The standard InChI is InChI=1S/C27H29N7O3/c1-17-11-20(15-28-14-17)22-13-23(32(3)31-22)29-24(35)12-18(2)26(36)30-25-21-8-5-4-7-19(21)16-33-9-6-10-34(33)27(25)37/h4-5,7-8,11,13-15,18H,6,9-10,12,16H2,1-3H3,(H,29,35)/t18-/m1/s1. The molecule has 1 saturated heterocycles. The average Bonchev–Trinajstić information content (AvgIpc) is 3.46. The largest absolute Gasteiger partial charge is 0.311 e. The number of hydrogen-bond acceptors (Lipinski definition) is 6. The molecular weight excluding hydrogens is 470 g/mol. The molecular formula is C27H29N7O3. The molecule has 0 spiro atoms.